The second-order valence-corrected chi connectivity index (χ2v) is 5.90. The highest BCUT2D eigenvalue weighted by Crippen LogP contribution is 2.50. The van der Waals surface area contributed by atoms with Crippen molar-refractivity contribution in [3.8, 4) is 23.0 Å². The molecule has 3 unspecified atom stereocenters. The van der Waals surface area contributed by atoms with E-state index in [0.717, 1.165) is 12.0 Å². The van der Waals surface area contributed by atoms with Gasteiger partial charge in [-0.2, -0.15) is 0 Å². The Hall–Kier alpha value is -2.15. The van der Waals surface area contributed by atoms with Gasteiger partial charge in [0.1, 0.15) is 11.8 Å². The number of methoxy groups -OCH3 is 4. The van der Waals surface area contributed by atoms with Crippen molar-refractivity contribution in [3.05, 3.63) is 11.6 Å². The van der Waals surface area contributed by atoms with Crippen LogP contribution in [0.15, 0.2) is 6.07 Å². The standard InChI is InChI=1S/C18H29NO6/c1-7-11(8-12(19)18(20)21)10(2)15-13(22-3)9-14(23-4)16(24-5)17(15)25-6/h9-12H,7-8,19H2,1-6H3,(H,20,21). The molecule has 0 bridgehead atoms. The lowest BCUT2D eigenvalue weighted by atomic mass is 9.80. The van der Waals surface area contributed by atoms with E-state index in [4.69, 9.17) is 29.8 Å². The van der Waals surface area contributed by atoms with Crippen molar-refractivity contribution in [1.82, 2.24) is 0 Å². The molecule has 7 heteroatoms. The number of carboxylic acids is 1. The Balaban J connectivity index is 3.43. The Morgan fingerprint density at radius 3 is 2.04 bits per heavy atom. The zero-order chi connectivity index (χ0) is 19.1. The number of benzene rings is 1. The summed E-state index contributed by atoms with van der Waals surface area (Å²) >= 11 is 0. The fraction of sp³-hybridized carbons (Fsp3) is 0.611. The Bertz CT molecular complexity index is 589. The maximum absolute atomic E-state index is 11.1. The summed E-state index contributed by atoms with van der Waals surface area (Å²) in [5.74, 6) is 1.08. The highest BCUT2D eigenvalue weighted by molar-refractivity contribution is 5.73. The minimum Gasteiger partial charge on any atom is -0.496 e. The van der Waals surface area contributed by atoms with Crippen molar-refractivity contribution < 1.29 is 28.8 Å². The van der Waals surface area contributed by atoms with E-state index in [0.29, 0.717) is 29.4 Å². The minimum atomic E-state index is -1.00. The first-order valence-corrected chi connectivity index (χ1v) is 8.21. The number of aliphatic carboxylic acids is 1. The fourth-order valence-corrected chi connectivity index (χ4v) is 3.14. The average Bonchev–Trinajstić information content (AvgIpc) is 2.62. The summed E-state index contributed by atoms with van der Waals surface area (Å²) in [4.78, 5) is 11.1. The highest BCUT2D eigenvalue weighted by atomic mass is 16.5. The first-order chi connectivity index (χ1) is 11.9. The molecule has 0 spiro atoms. The molecule has 0 saturated carbocycles. The summed E-state index contributed by atoms with van der Waals surface area (Å²) in [6.45, 7) is 4.02. The molecule has 1 rings (SSSR count). The van der Waals surface area contributed by atoms with Crippen LogP contribution in [0.5, 0.6) is 23.0 Å². The molecule has 142 valence electrons. The molecule has 25 heavy (non-hydrogen) atoms. The van der Waals surface area contributed by atoms with Crippen molar-refractivity contribution in [1.29, 1.82) is 0 Å². The van der Waals surface area contributed by atoms with Crippen LogP contribution in [0.25, 0.3) is 0 Å². The van der Waals surface area contributed by atoms with Crippen molar-refractivity contribution >= 4 is 5.97 Å². The number of rotatable bonds is 10. The summed E-state index contributed by atoms with van der Waals surface area (Å²) in [6.07, 6.45) is 1.12. The zero-order valence-electron chi connectivity index (χ0n) is 15.8. The molecule has 0 aromatic heterocycles. The number of nitrogens with two attached hydrogens (primary N) is 1. The SMILES string of the molecule is CCC(CC(N)C(=O)O)C(C)c1c(OC)cc(OC)c(OC)c1OC. The van der Waals surface area contributed by atoms with E-state index in [-0.39, 0.29) is 11.8 Å². The van der Waals surface area contributed by atoms with E-state index in [1.165, 1.54) is 0 Å². The molecule has 0 amide bonds. The summed E-state index contributed by atoms with van der Waals surface area (Å²) in [6, 6.07) is 0.835. The molecule has 0 heterocycles. The van der Waals surface area contributed by atoms with E-state index in [2.05, 4.69) is 0 Å². The summed E-state index contributed by atoms with van der Waals surface area (Å²) in [7, 11) is 6.21. The predicted molar refractivity (Wildman–Crippen MR) is 95.1 cm³/mol. The van der Waals surface area contributed by atoms with Crippen LogP contribution in [0.4, 0.5) is 0 Å². The lowest BCUT2D eigenvalue weighted by Crippen LogP contribution is -2.33. The second-order valence-electron chi connectivity index (χ2n) is 5.90. The average molecular weight is 355 g/mol. The zero-order valence-corrected chi connectivity index (χ0v) is 15.8. The van der Waals surface area contributed by atoms with Crippen LogP contribution in [0.3, 0.4) is 0 Å². The lowest BCUT2D eigenvalue weighted by Gasteiger charge is -2.28. The third-order valence-electron chi connectivity index (χ3n) is 4.61. The Morgan fingerprint density at radius 1 is 1.08 bits per heavy atom. The molecular weight excluding hydrogens is 326 g/mol. The maximum atomic E-state index is 11.1. The van der Waals surface area contributed by atoms with Gasteiger partial charge < -0.3 is 29.8 Å². The topological polar surface area (TPSA) is 100 Å². The van der Waals surface area contributed by atoms with E-state index < -0.39 is 12.0 Å². The number of hydrogen-bond acceptors (Lipinski definition) is 6. The number of hydrogen-bond donors (Lipinski definition) is 2. The van der Waals surface area contributed by atoms with Gasteiger partial charge in [0.2, 0.25) is 5.75 Å². The first kappa shape index (κ1) is 20.9. The van der Waals surface area contributed by atoms with Crippen LogP contribution in [-0.4, -0.2) is 45.6 Å². The summed E-state index contributed by atoms with van der Waals surface area (Å²) < 4.78 is 21.9. The van der Waals surface area contributed by atoms with Crippen LogP contribution < -0.4 is 24.7 Å². The van der Waals surface area contributed by atoms with E-state index in [1.54, 1.807) is 34.5 Å². The normalized spacial score (nSPS) is 14.4. The number of carbonyl (C=O) groups is 1. The second kappa shape index (κ2) is 9.36. The van der Waals surface area contributed by atoms with E-state index in [9.17, 15) is 4.79 Å². The van der Waals surface area contributed by atoms with E-state index >= 15 is 0 Å². The van der Waals surface area contributed by atoms with Gasteiger partial charge in [0.05, 0.1) is 28.4 Å². The molecule has 3 atom stereocenters. The molecule has 0 radical (unpaired) electrons. The molecular formula is C18H29NO6. The Kier molecular flexibility index (Phi) is 7.83. The van der Waals surface area contributed by atoms with Gasteiger partial charge in [0.15, 0.2) is 11.5 Å². The van der Waals surface area contributed by atoms with Gasteiger partial charge in [-0.3, -0.25) is 4.79 Å². The van der Waals surface area contributed by atoms with Gasteiger partial charge in [-0.25, -0.2) is 0 Å². The van der Waals surface area contributed by atoms with Gasteiger partial charge in [-0.15, -0.1) is 0 Å². The van der Waals surface area contributed by atoms with Crippen molar-refractivity contribution in [2.24, 2.45) is 11.7 Å². The van der Waals surface area contributed by atoms with Gasteiger partial charge in [-0.1, -0.05) is 20.3 Å². The highest BCUT2D eigenvalue weighted by Gasteiger charge is 2.31. The molecule has 0 aliphatic carbocycles. The molecule has 0 aliphatic rings. The molecule has 1 aromatic carbocycles. The summed E-state index contributed by atoms with van der Waals surface area (Å²) in [5, 5.41) is 9.12. The Morgan fingerprint density at radius 2 is 1.64 bits per heavy atom. The van der Waals surface area contributed by atoms with Gasteiger partial charge >= 0.3 is 5.97 Å². The lowest BCUT2D eigenvalue weighted by molar-refractivity contribution is -0.139. The largest absolute Gasteiger partial charge is 0.496 e. The fourth-order valence-electron chi connectivity index (χ4n) is 3.14. The van der Waals surface area contributed by atoms with Gasteiger partial charge in [0.25, 0.3) is 0 Å². The third-order valence-corrected chi connectivity index (χ3v) is 4.61. The van der Waals surface area contributed by atoms with Crippen LogP contribution >= 0.6 is 0 Å². The molecule has 0 saturated heterocycles. The Labute approximate surface area is 149 Å². The monoisotopic (exact) mass is 355 g/mol. The van der Waals surface area contributed by atoms with Crippen LogP contribution in [0.1, 0.15) is 38.2 Å². The maximum Gasteiger partial charge on any atom is 0.320 e. The molecule has 0 aliphatic heterocycles. The minimum absolute atomic E-state index is 0.0343. The van der Waals surface area contributed by atoms with Gasteiger partial charge in [0, 0.05) is 11.6 Å². The van der Waals surface area contributed by atoms with Crippen molar-refractivity contribution in [3.63, 3.8) is 0 Å². The molecule has 7 nitrogen and oxygen atoms in total. The molecule has 3 N–H and O–H groups in total. The first-order valence-electron chi connectivity index (χ1n) is 8.21. The summed E-state index contributed by atoms with van der Waals surface area (Å²) in [5.41, 5.74) is 6.56. The van der Waals surface area contributed by atoms with Crippen LogP contribution in [0.2, 0.25) is 0 Å². The third kappa shape index (κ3) is 4.48. The van der Waals surface area contributed by atoms with Crippen LogP contribution in [-0.2, 0) is 4.79 Å². The number of ether oxygens (including phenoxy) is 4. The van der Waals surface area contributed by atoms with E-state index in [1.807, 2.05) is 13.8 Å². The van der Waals surface area contributed by atoms with Crippen molar-refractivity contribution in [2.45, 2.75) is 38.6 Å². The molecule has 1 aromatic rings. The van der Waals surface area contributed by atoms with Gasteiger partial charge in [-0.05, 0) is 18.3 Å². The smallest absolute Gasteiger partial charge is 0.320 e. The quantitative estimate of drug-likeness (QED) is 0.665. The predicted octanol–water partition coefficient (Wildman–Crippen LogP) is 2.65. The van der Waals surface area contributed by atoms with Crippen molar-refractivity contribution in [2.75, 3.05) is 28.4 Å². The van der Waals surface area contributed by atoms with Crippen LogP contribution in [0, 0.1) is 5.92 Å². The number of carboxylic acid groups (broad SMARTS) is 1. The molecule has 0 fully saturated rings.